The Morgan fingerprint density at radius 1 is 1.26 bits per heavy atom. The molecular weight excluding hydrogens is 258 g/mol. The lowest BCUT2D eigenvalue weighted by Crippen LogP contribution is -2.19. The molecule has 0 aliphatic heterocycles. The molecule has 0 aliphatic carbocycles. The lowest BCUT2D eigenvalue weighted by molar-refractivity contribution is 0.678. The zero-order valence-corrected chi connectivity index (χ0v) is 12.3. The van der Waals surface area contributed by atoms with Crippen molar-refractivity contribution in [2.24, 2.45) is 0 Å². The second-order valence-electron chi connectivity index (χ2n) is 4.79. The third-order valence-corrected chi connectivity index (χ3v) is 3.90. The third-order valence-electron chi connectivity index (χ3n) is 3.09. The van der Waals surface area contributed by atoms with Gasteiger partial charge >= 0.3 is 0 Å². The van der Waals surface area contributed by atoms with Gasteiger partial charge in [-0.15, -0.1) is 5.10 Å². The van der Waals surface area contributed by atoms with Crippen molar-refractivity contribution in [1.82, 2.24) is 10.2 Å². The maximum absolute atomic E-state index is 11.1. The first-order valence-corrected chi connectivity index (χ1v) is 8.09. The van der Waals surface area contributed by atoms with Crippen LogP contribution in [-0.2, 0) is 10.8 Å². The molecule has 0 saturated heterocycles. The predicted molar refractivity (Wildman–Crippen MR) is 80.9 cm³/mol. The summed E-state index contributed by atoms with van der Waals surface area (Å²) < 4.78 is 11.1. The van der Waals surface area contributed by atoms with Crippen LogP contribution in [0, 0.1) is 6.92 Å². The van der Waals surface area contributed by atoms with Crippen LogP contribution < -0.4 is 5.32 Å². The van der Waals surface area contributed by atoms with Crippen molar-refractivity contribution in [2.45, 2.75) is 26.3 Å². The van der Waals surface area contributed by atoms with Gasteiger partial charge in [-0.05, 0) is 20.3 Å². The fourth-order valence-electron chi connectivity index (χ4n) is 1.99. The first-order chi connectivity index (χ1) is 9.08. The highest BCUT2D eigenvalue weighted by atomic mass is 32.2. The highest BCUT2D eigenvalue weighted by molar-refractivity contribution is 7.84. The van der Waals surface area contributed by atoms with Crippen LogP contribution in [0.15, 0.2) is 24.3 Å². The number of hydrogen-bond donors (Lipinski definition) is 1. The molecule has 0 aliphatic rings. The summed E-state index contributed by atoms with van der Waals surface area (Å²) in [7, 11) is -0.751. The molecule has 0 bridgehead atoms. The van der Waals surface area contributed by atoms with Gasteiger partial charge in [0.05, 0.1) is 5.69 Å². The van der Waals surface area contributed by atoms with Crippen molar-refractivity contribution in [2.75, 3.05) is 17.3 Å². The average Bonchev–Trinajstić information content (AvgIpc) is 2.40. The number of rotatable bonds is 5. The van der Waals surface area contributed by atoms with E-state index >= 15 is 0 Å². The van der Waals surface area contributed by atoms with Crippen LogP contribution in [0.5, 0.6) is 0 Å². The minimum Gasteiger partial charge on any atom is -0.366 e. The van der Waals surface area contributed by atoms with Crippen molar-refractivity contribution in [3.63, 3.8) is 0 Å². The quantitative estimate of drug-likeness (QED) is 0.912. The van der Waals surface area contributed by atoms with Gasteiger partial charge in [0.25, 0.3) is 0 Å². The van der Waals surface area contributed by atoms with Gasteiger partial charge in [-0.25, -0.2) is 0 Å². The fraction of sp³-hybridized carbons (Fsp3) is 0.429. The molecule has 1 aromatic heterocycles. The summed E-state index contributed by atoms with van der Waals surface area (Å²) in [6, 6.07) is 8.33. The maximum Gasteiger partial charge on any atom is 0.156 e. The Morgan fingerprint density at radius 2 is 1.95 bits per heavy atom. The van der Waals surface area contributed by atoms with E-state index in [4.69, 9.17) is 0 Å². The average molecular weight is 277 g/mol. The van der Waals surface area contributed by atoms with Gasteiger partial charge in [-0.3, -0.25) is 4.21 Å². The van der Waals surface area contributed by atoms with E-state index in [0.29, 0.717) is 5.75 Å². The summed E-state index contributed by atoms with van der Waals surface area (Å²) in [6.07, 6.45) is 2.58. The third kappa shape index (κ3) is 3.50. The zero-order chi connectivity index (χ0) is 13.8. The molecule has 0 fully saturated rings. The molecule has 5 heteroatoms. The number of aryl methyl sites for hydroxylation is 1. The van der Waals surface area contributed by atoms with Crippen molar-refractivity contribution in [3.05, 3.63) is 30.0 Å². The second kappa shape index (κ2) is 6.10. The maximum atomic E-state index is 11.1. The van der Waals surface area contributed by atoms with Crippen molar-refractivity contribution in [1.29, 1.82) is 0 Å². The topological polar surface area (TPSA) is 54.9 Å². The van der Waals surface area contributed by atoms with E-state index in [2.05, 4.69) is 28.5 Å². The molecule has 2 unspecified atom stereocenters. The van der Waals surface area contributed by atoms with Crippen LogP contribution in [0.4, 0.5) is 5.82 Å². The van der Waals surface area contributed by atoms with Gasteiger partial charge in [-0.2, -0.15) is 5.10 Å². The van der Waals surface area contributed by atoms with Crippen molar-refractivity contribution < 1.29 is 4.21 Å². The van der Waals surface area contributed by atoms with E-state index in [1.165, 1.54) is 0 Å². The predicted octanol–water partition coefficient (Wildman–Crippen LogP) is 2.51. The van der Waals surface area contributed by atoms with Gasteiger partial charge in [0, 0.05) is 39.6 Å². The number of nitrogens with zero attached hydrogens (tertiary/aromatic N) is 2. The minimum absolute atomic E-state index is 0.226. The summed E-state index contributed by atoms with van der Waals surface area (Å²) in [5.41, 5.74) is 0.934. The Kier molecular flexibility index (Phi) is 4.47. The number of anilines is 1. The number of hydrogen-bond acceptors (Lipinski definition) is 4. The lowest BCUT2D eigenvalue weighted by atomic mass is 10.1. The summed E-state index contributed by atoms with van der Waals surface area (Å²) in [6.45, 7) is 4.03. The Balaban J connectivity index is 2.21. The van der Waals surface area contributed by atoms with Gasteiger partial charge in [0.1, 0.15) is 0 Å². The first kappa shape index (κ1) is 13.9. The van der Waals surface area contributed by atoms with Crippen molar-refractivity contribution in [3.8, 4) is 0 Å². The minimum atomic E-state index is -0.751. The number of aromatic nitrogens is 2. The molecule has 0 radical (unpaired) electrons. The molecule has 1 aromatic carbocycles. The Bertz CT molecular complexity index is 600. The van der Waals surface area contributed by atoms with E-state index in [9.17, 15) is 4.21 Å². The number of benzene rings is 1. The molecule has 4 nitrogen and oxygen atoms in total. The Hall–Kier alpha value is -1.49. The molecule has 1 N–H and O–H groups in total. The molecule has 102 valence electrons. The van der Waals surface area contributed by atoms with Crippen LogP contribution in [0.25, 0.3) is 10.8 Å². The van der Waals surface area contributed by atoms with E-state index in [1.807, 2.05) is 25.1 Å². The summed E-state index contributed by atoms with van der Waals surface area (Å²) >= 11 is 0. The largest absolute Gasteiger partial charge is 0.366 e. The molecule has 19 heavy (non-hydrogen) atoms. The van der Waals surface area contributed by atoms with Crippen molar-refractivity contribution >= 4 is 27.4 Å². The van der Waals surface area contributed by atoms with Crippen LogP contribution in [-0.4, -0.2) is 32.5 Å². The highest BCUT2D eigenvalue weighted by Crippen LogP contribution is 2.23. The van der Waals surface area contributed by atoms with Gasteiger partial charge in [0.15, 0.2) is 5.82 Å². The van der Waals surface area contributed by atoms with E-state index in [0.717, 1.165) is 28.7 Å². The Labute approximate surface area is 116 Å². The van der Waals surface area contributed by atoms with Gasteiger partial charge in [-0.1, -0.05) is 24.3 Å². The monoisotopic (exact) mass is 277 g/mol. The molecule has 2 aromatic rings. The lowest BCUT2D eigenvalue weighted by Gasteiger charge is -2.15. The molecule has 0 spiro atoms. The standard InChI is InChI=1S/C14H19N3OS/c1-10(8-9-19(3)18)15-14-13-7-5-4-6-12(13)11(2)16-17-14/h4-7,10H,8-9H2,1-3H3,(H,15,17). The number of fused-ring (bicyclic) bond motifs is 1. The number of nitrogens with one attached hydrogen (secondary N) is 1. The first-order valence-electron chi connectivity index (χ1n) is 6.36. The summed E-state index contributed by atoms with van der Waals surface area (Å²) in [5.74, 6) is 1.50. The van der Waals surface area contributed by atoms with E-state index in [1.54, 1.807) is 6.26 Å². The smallest absolute Gasteiger partial charge is 0.156 e. The molecule has 2 rings (SSSR count). The fourth-order valence-corrected chi connectivity index (χ4v) is 2.68. The van der Waals surface area contributed by atoms with E-state index < -0.39 is 10.8 Å². The van der Waals surface area contributed by atoms with Crippen LogP contribution in [0.2, 0.25) is 0 Å². The molecule has 2 atom stereocenters. The van der Waals surface area contributed by atoms with Crippen LogP contribution in [0.3, 0.4) is 0 Å². The molecule has 0 amide bonds. The molecular formula is C14H19N3OS. The van der Waals surface area contributed by atoms with Gasteiger partial charge in [0.2, 0.25) is 0 Å². The summed E-state index contributed by atoms with van der Waals surface area (Å²) in [5, 5.41) is 14.0. The van der Waals surface area contributed by atoms with Crippen LogP contribution in [0.1, 0.15) is 19.0 Å². The highest BCUT2D eigenvalue weighted by Gasteiger charge is 2.09. The SMILES string of the molecule is Cc1nnc(NC(C)CCS(C)=O)c2ccccc12. The van der Waals surface area contributed by atoms with Gasteiger partial charge < -0.3 is 5.32 Å². The Morgan fingerprint density at radius 3 is 2.63 bits per heavy atom. The molecule has 0 saturated carbocycles. The summed E-state index contributed by atoms with van der Waals surface area (Å²) in [4.78, 5) is 0. The van der Waals surface area contributed by atoms with E-state index in [-0.39, 0.29) is 6.04 Å². The normalized spacial score (nSPS) is 14.3. The van der Waals surface area contributed by atoms with Crippen LogP contribution >= 0.6 is 0 Å². The zero-order valence-electron chi connectivity index (χ0n) is 11.5. The molecule has 1 heterocycles. The second-order valence-corrected chi connectivity index (χ2v) is 6.35.